The second-order valence-corrected chi connectivity index (χ2v) is 7.05. The summed E-state index contributed by atoms with van der Waals surface area (Å²) in [6.07, 6.45) is 4.37. The highest BCUT2D eigenvalue weighted by molar-refractivity contribution is 5.71. The quantitative estimate of drug-likeness (QED) is 0.848. The van der Waals surface area contributed by atoms with Crippen LogP contribution in [0, 0.1) is 0 Å². The first-order chi connectivity index (χ1) is 10.0. The molecule has 4 heteroatoms. The van der Waals surface area contributed by atoms with Crippen molar-refractivity contribution in [1.29, 1.82) is 0 Å². The number of likely N-dealkylation sites (tertiary alicyclic amines) is 1. The summed E-state index contributed by atoms with van der Waals surface area (Å²) in [6.45, 7) is 12.4. The van der Waals surface area contributed by atoms with Crippen LogP contribution in [0.4, 0.5) is 0 Å². The Morgan fingerprint density at radius 3 is 2.86 bits per heavy atom. The third-order valence-corrected chi connectivity index (χ3v) is 4.43. The van der Waals surface area contributed by atoms with Crippen molar-refractivity contribution in [2.45, 2.75) is 52.0 Å². The molecule has 0 saturated carbocycles. The lowest BCUT2D eigenvalue weighted by atomic mass is 9.96. The molecule has 0 bridgehead atoms. The van der Waals surface area contributed by atoms with E-state index in [4.69, 9.17) is 4.98 Å². The number of rotatable bonds is 2. The summed E-state index contributed by atoms with van der Waals surface area (Å²) in [5.74, 6) is 1.74. The molecule has 0 aliphatic carbocycles. The molecule has 3 heterocycles. The first-order valence-electron chi connectivity index (χ1n) is 8.07. The van der Waals surface area contributed by atoms with E-state index in [1.165, 1.54) is 25.2 Å². The fourth-order valence-electron chi connectivity index (χ4n) is 3.42. The third kappa shape index (κ3) is 2.69. The summed E-state index contributed by atoms with van der Waals surface area (Å²) in [5.41, 5.74) is 2.05. The minimum absolute atomic E-state index is 0.00687. The Balaban J connectivity index is 2.09. The smallest absolute Gasteiger partial charge is 0.160 e. The van der Waals surface area contributed by atoms with Crippen molar-refractivity contribution in [1.82, 2.24) is 19.4 Å². The molecule has 1 unspecified atom stereocenters. The van der Waals surface area contributed by atoms with E-state index >= 15 is 0 Å². The maximum absolute atomic E-state index is 4.95. The van der Waals surface area contributed by atoms with Gasteiger partial charge in [-0.3, -0.25) is 0 Å². The molecule has 21 heavy (non-hydrogen) atoms. The van der Waals surface area contributed by atoms with Gasteiger partial charge in [-0.1, -0.05) is 6.92 Å². The average molecular weight is 286 g/mol. The summed E-state index contributed by atoms with van der Waals surface area (Å²) in [5, 5.41) is 0. The van der Waals surface area contributed by atoms with Crippen LogP contribution < -0.4 is 0 Å². The van der Waals surface area contributed by atoms with Crippen molar-refractivity contribution in [2.75, 3.05) is 19.6 Å². The van der Waals surface area contributed by atoms with Crippen LogP contribution >= 0.6 is 0 Å². The molecule has 0 aromatic carbocycles. The number of pyridine rings is 1. The number of fused-ring (bicyclic) bond motifs is 1. The minimum Gasteiger partial charge on any atom is -0.307 e. The molecule has 1 saturated heterocycles. The first kappa shape index (κ1) is 14.5. The Morgan fingerprint density at radius 2 is 2.14 bits per heavy atom. The highest BCUT2D eigenvalue weighted by Crippen LogP contribution is 2.32. The molecule has 114 valence electrons. The number of hydrogen-bond donors (Lipinski definition) is 0. The van der Waals surface area contributed by atoms with Crippen LogP contribution in [0.25, 0.3) is 11.2 Å². The van der Waals surface area contributed by atoms with Crippen LogP contribution in [0.3, 0.4) is 0 Å². The number of piperidine rings is 1. The number of nitrogens with zero attached hydrogens (tertiary/aromatic N) is 4. The molecule has 1 aliphatic rings. The standard InChI is InChI=1S/C17H26N4/c1-5-20-11-7-8-13(12-20)15-19-14-9-6-10-18-16(14)21(15)17(2,3)4/h6,9-10,13H,5,7-8,11-12H2,1-4H3. The van der Waals surface area contributed by atoms with Crippen molar-refractivity contribution in [3.8, 4) is 0 Å². The van der Waals surface area contributed by atoms with Gasteiger partial charge in [0.15, 0.2) is 5.65 Å². The molecule has 1 aliphatic heterocycles. The van der Waals surface area contributed by atoms with E-state index in [9.17, 15) is 0 Å². The van der Waals surface area contributed by atoms with Gasteiger partial charge in [-0.25, -0.2) is 9.97 Å². The predicted molar refractivity (Wildman–Crippen MR) is 86.6 cm³/mol. The van der Waals surface area contributed by atoms with Gasteiger partial charge < -0.3 is 9.47 Å². The third-order valence-electron chi connectivity index (χ3n) is 4.43. The summed E-state index contributed by atoms with van der Waals surface area (Å²) in [6, 6.07) is 4.06. The van der Waals surface area contributed by atoms with E-state index in [-0.39, 0.29) is 5.54 Å². The van der Waals surface area contributed by atoms with Gasteiger partial charge in [-0.05, 0) is 58.8 Å². The molecule has 0 amide bonds. The molecule has 1 atom stereocenters. The molecule has 4 nitrogen and oxygen atoms in total. The van der Waals surface area contributed by atoms with Crippen molar-refractivity contribution < 1.29 is 0 Å². The molecular weight excluding hydrogens is 260 g/mol. The Kier molecular flexibility index (Phi) is 3.74. The Bertz CT molecular complexity index is 623. The fourth-order valence-corrected chi connectivity index (χ4v) is 3.42. The van der Waals surface area contributed by atoms with Crippen LogP contribution in [0.5, 0.6) is 0 Å². The van der Waals surface area contributed by atoms with Crippen molar-refractivity contribution in [3.05, 3.63) is 24.2 Å². The molecule has 3 rings (SSSR count). The van der Waals surface area contributed by atoms with E-state index in [1.54, 1.807) is 0 Å². The number of hydrogen-bond acceptors (Lipinski definition) is 3. The largest absolute Gasteiger partial charge is 0.307 e. The first-order valence-corrected chi connectivity index (χ1v) is 8.07. The van der Waals surface area contributed by atoms with Gasteiger partial charge >= 0.3 is 0 Å². The van der Waals surface area contributed by atoms with Gasteiger partial charge in [0.2, 0.25) is 0 Å². The highest BCUT2D eigenvalue weighted by Gasteiger charge is 2.29. The SMILES string of the molecule is CCN1CCCC(c2nc3cccnc3n2C(C)(C)C)C1. The van der Waals surface area contributed by atoms with Gasteiger partial charge in [0.25, 0.3) is 0 Å². The minimum atomic E-state index is 0.00687. The predicted octanol–water partition coefficient (Wildman–Crippen LogP) is 3.39. The van der Waals surface area contributed by atoms with Gasteiger partial charge in [-0.15, -0.1) is 0 Å². The van der Waals surface area contributed by atoms with Crippen molar-refractivity contribution >= 4 is 11.2 Å². The molecule has 1 fully saturated rings. The van der Waals surface area contributed by atoms with Crippen molar-refractivity contribution in [3.63, 3.8) is 0 Å². The molecule has 0 N–H and O–H groups in total. The van der Waals surface area contributed by atoms with Gasteiger partial charge in [0.1, 0.15) is 11.3 Å². The van der Waals surface area contributed by atoms with Crippen LogP contribution in [0.2, 0.25) is 0 Å². The molecular formula is C17H26N4. The zero-order valence-corrected chi connectivity index (χ0v) is 13.6. The monoisotopic (exact) mass is 286 g/mol. The number of likely N-dealkylation sites (N-methyl/N-ethyl adjacent to an activating group) is 1. The summed E-state index contributed by atoms with van der Waals surface area (Å²) >= 11 is 0. The van der Waals surface area contributed by atoms with Gasteiger partial charge in [0.05, 0.1) is 0 Å². The molecule has 0 radical (unpaired) electrons. The number of aromatic nitrogens is 3. The molecule has 2 aromatic rings. The fraction of sp³-hybridized carbons (Fsp3) is 0.647. The number of imidazole rings is 1. The zero-order chi connectivity index (χ0) is 15.0. The Hall–Kier alpha value is -1.42. The lowest BCUT2D eigenvalue weighted by Crippen LogP contribution is -2.36. The Labute approximate surface area is 127 Å². The second kappa shape index (κ2) is 5.41. The maximum Gasteiger partial charge on any atom is 0.160 e. The summed E-state index contributed by atoms with van der Waals surface area (Å²) < 4.78 is 2.35. The summed E-state index contributed by atoms with van der Waals surface area (Å²) in [7, 11) is 0. The zero-order valence-electron chi connectivity index (χ0n) is 13.6. The van der Waals surface area contributed by atoms with Crippen LogP contribution in [0.1, 0.15) is 52.3 Å². The normalized spacial score (nSPS) is 21.0. The molecule has 2 aromatic heterocycles. The van der Waals surface area contributed by atoms with Crippen LogP contribution in [-0.2, 0) is 5.54 Å². The highest BCUT2D eigenvalue weighted by atomic mass is 15.2. The van der Waals surface area contributed by atoms with E-state index in [0.717, 1.165) is 24.3 Å². The second-order valence-electron chi connectivity index (χ2n) is 7.05. The molecule has 0 spiro atoms. The van der Waals surface area contributed by atoms with E-state index < -0.39 is 0 Å². The maximum atomic E-state index is 4.95. The van der Waals surface area contributed by atoms with Crippen LogP contribution in [0.15, 0.2) is 18.3 Å². The lowest BCUT2D eigenvalue weighted by molar-refractivity contribution is 0.207. The van der Waals surface area contributed by atoms with E-state index in [0.29, 0.717) is 5.92 Å². The summed E-state index contributed by atoms with van der Waals surface area (Å²) in [4.78, 5) is 12.1. The van der Waals surface area contributed by atoms with E-state index in [2.05, 4.69) is 48.2 Å². The average Bonchev–Trinajstić information content (AvgIpc) is 2.86. The van der Waals surface area contributed by atoms with Crippen LogP contribution in [-0.4, -0.2) is 39.1 Å². The van der Waals surface area contributed by atoms with Gasteiger partial charge in [0, 0.05) is 24.2 Å². The lowest BCUT2D eigenvalue weighted by Gasteiger charge is -2.34. The van der Waals surface area contributed by atoms with E-state index in [1.807, 2.05) is 12.3 Å². The topological polar surface area (TPSA) is 34.0 Å². The Morgan fingerprint density at radius 1 is 1.33 bits per heavy atom. The van der Waals surface area contributed by atoms with Gasteiger partial charge in [-0.2, -0.15) is 0 Å². The van der Waals surface area contributed by atoms with Crippen molar-refractivity contribution in [2.24, 2.45) is 0 Å².